The molecular formula is C34H62N4O5. The summed E-state index contributed by atoms with van der Waals surface area (Å²) in [6.45, 7) is 9.46. The molecule has 9 nitrogen and oxygen atoms in total. The maximum Gasteiger partial charge on any atom is 0.245 e. The van der Waals surface area contributed by atoms with Gasteiger partial charge in [0.25, 0.3) is 0 Å². The summed E-state index contributed by atoms with van der Waals surface area (Å²) in [5.41, 5.74) is 5.59. The highest BCUT2D eigenvalue weighted by Crippen LogP contribution is 2.20. The SMILES string of the molecule is CCCCCCCC/C=C\CCCCCCCC(=O)C(O)[C@@H](NC(=O)[C@@H]1CCCN1C(=O)[C@H](C)NC(=O)[C@H](C)N)C(C)C. The number of rotatable bonds is 23. The van der Waals surface area contributed by atoms with E-state index in [1.54, 1.807) is 6.92 Å². The van der Waals surface area contributed by atoms with Gasteiger partial charge in [-0.2, -0.15) is 0 Å². The minimum Gasteiger partial charge on any atom is -0.383 e. The molecule has 0 radical (unpaired) electrons. The first-order valence-corrected chi connectivity index (χ1v) is 17.0. The summed E-state index contributed by atoms with van der Waals surface area (Å²) < 4.78 is 0. The number of nitrogens with one attached hydrogen (secondary N) is 2. The van der Waals surface area contributed by atoms with E-state index < -0.39 is 36.2 Å². The molecule has 0 aliphatic carbocycles. The molecule has 0 aromatic rings. The average Bonchev–Trinajstić information content (AvgIpc) is 3.46. The second-order valence-electron chi connectivity index (χ2n) is 12.7. The van der Waals surface area contributed by atoms with Crippen molar-refractivity contribution < 1.29 is 24.3 Å². The molecular weight excluding hydrogens is 544 g/mol. The van der Waals surface area contributed by atoms with Crippen LogP contribution in [-0.4, -0.2) is 70.3 Å². The molecule has 1 aliphatic heterocycles. The molecule has 43 heavy (non-hydrogen) atoms. The van der Waals surface area contributed by atoms with E-state index in [0.29, 0.717) is 19.4 Å². The summed E-state index contributed by atoms with van der Waals surface area (Å²) in [7, 11) is 0. The first-order valence-electron chi connectivity index (χ1n) is 17.0. The monoisotopic (exact) mass is 606 g/mol. The molecule has 248 valence electrons. The Morgan fingerprint density at radius 1 is 0.860 bits per heavy atom. The van der Waals surface area contributed by atoms with E-state index in [1.807, 2.05) is 13.8 Å². The van der Waals surface area contributed by atoms with E-state index in [2.05, 4.69) is 29.7 Å². The van der Waals surface area contributed by atoms with Crippen LogP contribution in [0.4, 0.5) is 0 Å². The Hall–Kier alpha value is -2.26. The third kappa shape index (κ3) is 15.3. The van der Waals surface area contributed by atoms with Crippen LogP contribution in [0.1, 0.15) is 137 Å². The van der Waals surface area contributed by atoms with Gasteiger partial charge in [0.15, 0.2) is 5.78 Å². The van der Waals surface area contributed by atoms with Crippen LogP contribution in [0.15, 0.2) is 12.2 Å². The van der Waals surface area contributed by atoms with Crippen molar-refractivity contribution in [2.24, 2.45) is 11.7 Å². The van der Waals surface area contributed by atoms with Gasteiger partial charge >= 0.3 is 0 Å². The summed E-state index contributed by atoms with van der Waals surface area (Å²) in [4.78, 5) is 52.4. The number of allylic oxidation sites excluding steroid dienone is 2. The lowest BCUT2D eigenvalue weighted by Gasteiger charge is -2.31. The minimum absolute atomic E-state index is 0.174. The second-order valence-corrected chi connectivity index (χ2v) is 12.7. The number of nitrogens with two attached hydrogens (primary N) is 1. The molecule has 0 saturated carbocycles. The number of carbonyl (C=O) groups is 4. The van der Waals surface area contributed by atoms with Gasteiger partial charge in [0, 0.05) is 13.0 Å². The third-order valence-corrected chi connectivity index (χ3v) is 8.36. The molecule has 5 atom stereocenters. The van der Waals surface area contributed by atoms with Crippen molar-refractivity contribution in [3.63, 3.8) is 0 Å². The van der Waals surface area contributed by atoms with Crippen LogP contribution >= 0.6 is 0 Å². The zero-order valence-corrected chi connectivity index (χ0v) is 27.7. The Balaban J connectivity index is 2.39. The van der Waals surface area contributed by atoms with Gasteiger partial charge in [-0.3, -0.25) is 19.2 Å². The first kappa shape index (κ1) is 38.8. The molecule has 1 rings (SSSR count). The van der Waals surface area contributed by atoms with Gasteiger partial charge in [-0.05, 0) is 64.7 Å². The molecule has 0 aromatic carbocycles. The number of amides is 3. The van der Waals surface area contributed by atoms with Gasteiger partial charge in [-0.15, -0.1) is 0 Å². The summed E-state index contributed by atoms with van der Waals surface area (Å²) in [5, 5.41) is 16.3. The van der Waals surface area contributed by atoms with E-state index in [4.69, 9.17) is 5.73 Å². The van der Waals surface area contributed by atoms with Crippen molar-refractivity contribution in [1.29, 1.82) is 0 Å². The van der Waals surface area contributed by atoms with Crippen LogP contribution in [-0.2, 0) is 19.2 Å². The van der Waals surface area contributed by atoms with Crippen molar-refractivity contribution >= 4 is 23.5 Å². The number of ketones is 1. The maximum atomic E-state index is 13.2. The van der Waals surface area contributed by atoms with Crippen molar-refractivity contribution in [3.05, 3.63) is 12.2 Å². The number of aliphatic hydroxyl groups is 1. The predicted molar refractivity (Wildman–Crippen MR) is 173 cm³/mol. The lowest BCUT2D eigenvalue weighted by Crippen LogP contribution is -2.57. The molecule has 0 aromatic heterocycles. The van der Waals surface area contributed by atoms with Crippen LogP contribution in [0, 0.1) is 5.92 Å². The van der Waals surface area contributed by atoms with E-state index in [0.717, 1.165) is 38.5 Å². The zero-order chi connectivity index (χ0) is 32.2. The third-order valence-electron chi connectivity index (χ3n) is 8.36. The Morgan fingerprint density at radius 2 is 1.42 bits per heavy atom. The van der Waals surface area contributed by atoms with Gasteiger partial charge in [-0.25, -0.2) is 0 Å². The van der Waals surface area contributed by atoms with E-state index >= 15 is 0 Å². The van der Waals surface area contributed by atoms with Gasteiger partial charge in [0.2, 0.25) is 17.7 Å². The molecule has 0 bridgehead atoms. The Bertz CT molecular complexity index is 860. The largest absolute Gasteiger partial charge is 0.383 e. The number of hydrogen-bond donors (Lipinski definition) is 4. The topological polar surface area (TPSA) is 142 Å². The zero-order valence-electron chi connectivity index (χ0n) is 27.7. The molecule has 3 amide bonds. The highest BCUT2D eigenvalue weighted by molar-refractivity contribution is 5.93. The lowest BCUT2D eigenvalue weighted by molar-refractivity contribution is -0.142. The van der Waals surface area contributed by atoms with Gasteiger partial charge in [-0.1, -0.05) is 84.3 Å². The summed E-state index contributed by atoms with van der Waals surface area (Å²) in [5.74, 6) is -1.61. The number of unbranched alkanes of at least 4 members (excludes halogenated alkanes) is 11. The standard InChI is InChI=1S/C34H62N4O5/c1-6-7-8-9-10-11-12-13-14-15-16-17-18-19-20-23-29(39)31(40)30(25(2)3)37-33(42)28-22-21-24-38(28)34(43)27(5)36-32(41)26(4)35/h13-14,25-28,30-31,40H,6-12,15-24,35H2,1-5H3,(H,36,41)(H,37,42)/b14-13-/t26-,27-,28-,30-,31?/m0/s1. The number of hydrogen-bond acceptors (Lipinski definition) is 6. The number of carbonyl (C=O) groups excluding carboxylic acids is 4. The summed E-state index contributed by atoms with van der Waals surface area (Å²) in [6, 6.07) is -3.01. The molecule has 5 N–H and O–H groups in total. The smallest absolute Gasteiger partial charge is 0.245 e. The minimum atomic E-state index is -1.30. The van der Waals surface area contributed by atoms with Crippen molar-refractivity contribution in [2.45, 2.75) is 168 Å². The van der Waals surface area contributed by atoms with Crippen molar-refractivity contribution in [1.82, 2.24) is 15.5 Å². The number of Topliss-reactive ketones (excluding diaryl/α,β-unsaturated/α-hetero) is 1. The fourth-order valence-electron chi connectivity index (χ4n) is 5.55. The first-order chi connectivity index (χ1) is 20.5. The quantitative estimate of drug-likeness (QED) is 0.0959. The van der Waals surface area contributed by atoms with Crippen LogP contribution in [0.3, 0.4) is 0 Å². The molecule has 1 saturated heterocycles. The van der Waals surface area contributed by atoms with Gasteiger partial charge < -0.3 is 26.4 Å². The second kappa shape index (κ2) is 22.3. The molecule has 9 heteroatoms. The van der Waals surface area contributed by atoms with E-state index in [9.17, 15) is 24.3 Å². The maximum absolute atomic E-state index is 13.2. The number of aliphatic hydroxyl groups excluding tert-OH is 1. The number of likely N-dealkylation sites (tertiary alicyclic amines) is 1. The van der Waals surface area contributed by atoms with Gasteiger partial charge in [0.05, 0.1) is 12.1 Å². The van der Waals surface area contributed by atoms with Crippen LogP contribution in [0.25, 0.3) is 0 Å². The van der Waals surface area contributed by atoms with Crippen LogP contribution in [0.5, 0.6) is 0 Å². The van der Waals surface area contributed by atoms with Gasteiger partial charge in [0.1, 0.15) is 18.2 Å². The van der Waals surface area contributed by atoms with E-state index in [1.165, 1.54) is 56.8 Å². The normalized spacial score (nSPS) is 18.0. The van der Waals surface area contributed by atoms with E-state index in [-0.39, 0.29) is 29.9 Å². The fourth-order valence-corrected chi connectivity index (χ4v) is 5.55. The van der Waals surface area contributed by atoms with Crippen LogP contribution < -0.4 is 16.4 Å². The molecule has 1 aliphatic rings. The summed E-state index contributed by atoms with van der Waals surface area (Å²) in [6.07, 6.45) is 20.0. The predicted octanol–water partition coefficient (Wildman–Crippen LogP) is 4.94. The lowest BCUT2D eigenvalue weighted by atomic mass is 9.93. The van der Waals surface area contributed by atoms with Crippen molar-refractivity contribution in [2.75, 3.05) is 6.54 Å². The Morgan fingerprint density at radius 3 is 1.98 bits per heavy atom. The number of nitrogens with zero attached hydrogens (tertiary/aromatic N) is 1. The molecule has 1 unspecified atom stereocenters. The Kier molecular flexibility index (Phi) is 20.1. The Labute approximate surface area is 261 Å². The molecule has 1 fully saturated rings. The molecule has 0 spiro atoms. The molecule has 1 heterocycles. The highest BCUT2D eigenvalue weighted by Gasteiger charge is 2.39. The highest BCUT2D eigenvalue weighted by atomic mass is 16.3. The van der Waals surface area contributed by atoms with Crippen molar-refractivity contribution in [3.8, 4) is 0 Å². The van der Waals surface area contributed by atoms with Crippen LogP contribution in [0.2, 0.25) is 0 Å². The summed E-state index contributed by atoms with van der Waals surface area (Å²) >= 11 is 0. The fraction of sp³-hybridized carbons (Fsp3) is 0.824. The average molecular weight is 607 g/mol.